The summed E-state index contributed by atoms with van der Waals surface area (Å²) in [4.78, 5) is 10.8. The maximum absolute atomic E-state index is 11.9. The van der Waals surface area contributed by atoms with Crippen LogP contribution in [0, 0.1) is 0 Å². The van der Waals surface area contributed by atoms with E-state index in [9.17, 15) is 13.6 Å². The maximum atomic E-state index is 11.9. The van der Waals surface area contributed by atoms with Gasteiger partial charge in [0.05, 0.1) is 7.11 Å². The van der Waals surface area contributed by atoms with Gasteiger partial charge in [0, 0.05) is 0 Å². The number of methoxy groups -OCH3 is 1. The van der Waals surface area contributed by atoms with E-state index in [1.807, 2.05) is 0 Å². The molecule has 4 nitrogen and oxygen atoms in total. The van der Waals surface area contributed by atoms with E-state index in [-0.39, 0.29) is 11.3 Å². The Kier molecular flexibility index (Phi) is 4.04. The van der Waals surface area contributed by atoms with Crippen LogP contribution in [0.3, 0.4) is 0 Å². The predicted molar refractivity (Wildman–Crippen MR) is 51.5 cm³/mol. The van der Waals surface area contributed by atoms with Crippen LogP contribution >= 0.6 is 0 Å². The second-order valence-electron chi connectivity index (χ2n) is 2.87. The van der Waals surface area contributed by atoms with Gasteiger partial charge in [-0.3, -0.25) is 0 Å². The van der Waals surface area contributed by atoms with E-state index < -0.39 is 19.0 Å². The lowest BCUT2D eigenvalue weighted by Gasteiger charge is -2.09. The molecule has 0 aromatic heterocycles. The van der Waals surface area contributed by atoms with Crippen molar-refractivity contribution in [2.24, 2.45) is 0 Å². The van der Waals surface area contributed by atoms with Gasteiger partial charge in [-0.15, -0.1) is 0 Å². The number of hydrogen-bond acceptors (Lipinski definition) is 3. The summed E-state index contributed by atoms with van der Waals surface area (Å²) in [6.45, 7) is -0.841. The van der Waals surface area contributed by atoms with E-state index in [2.05, 4.69) is 4.74 Å². The van der Waals surface area contributed by atoms with Crippen LogP contribution in [0.1, 0.15) is 10.4 Å². The highest BCUT2D eigenvalue weighted by Gasteiger charge is 2.14. The largest absolute Gasteiger partial charge is 0.497 e. The fraction of sp³-hybridized carbons (Fsp3) is 0.300. The SMILES string of the molecule is COc1ccc(OCC(F)F)c(C(=O)O)c1. The molecule has 6 heteroatoms. The van der Waals surface area contributed by atoms with Crippen molar-refractivity contribution in [2.45, 2.75) is 6.43 Å². The molecular formula is C10H10F2O4. The number of halogens is 2. The molecule has 1 rings (SSSR count). The Balaban J connectivity index is 2.94. The molecule has 0 atom stereocenters. The minimum Gasteiger partial charge on any atom is -0.497 e. The Hall–Kier alpha value is -1.85. The molecule has 1 aromatic carbocycles. The second kappa shape index (κ2) is 5.29. The van der Waals surface area contributed by atoms with Gasteiger partial charge in [-0.25, -0.2) is 13.6 Å². The lowest BCUT2D eigenvalue weighted by atomic mass is 10.2. The van der Waals surface area contributed by atoms with Crippen molar-refractivity contribution in [2.75, 3.05) is 13.7 Å². The summed E-state index contributed by atoms with van der Waals surface area (Å²) in [7, 11) is 1.38. The van der Waals surface area contributed by atoms with Gasteiger partial charge in [0.2, 0.25) is 0 Å². The van der Waals surface area contributed by atoms with Crippen LogP contribution in [0.5, 0.6) is 11.5 Å². The van der Waals surface area contributed by atoms with Gasteiger partial charge < -0.3 is 14.6 Å². The third kappa shape index (κ3) is 3.08. The molecule has 0 saturated heterocycles. The summed E-state index contributed by atoms with van der Waals surface area (Å²) in [6, 6.07) is 3.93. The Morgan fingerprint density at radius 3 is 2.69 bits per heavy atom. The van der Waals surface area contributed by atoms with Crippen molar-refractivity contribution < 1.29 is 28.2 Å². The summed E-state index contributed by atoms with van der Waals surface area (Å²) < 4.78 is 33.3. The van der Waals surface area contributed by atoms with Crippen molar-refractivity contribution in [3.05, 3.63) is 23.8 Å². The number of hydrogen-bond donors (Lipinski definition) is 1. The Bertz CT molecular complexity index is 379. The third-order valence-electron chi connectivity index (χ3n) is 1.78. The first kappa shape index (κ1) is 12.2. The summed E-state index contributed by atoms with van der Waals surface area (Å²) in [6.07, 6.45) is -2.65. The van der Waals surface area contributed by atoms with Gasteiger partial charge in [-0.2, -0.15) is 0 Å². The zero-order valence-corrected chi connectivity index (χ0v) is 8.44. The van der Waals surface area contributed by atoms with Gasteiger partial charge in [-0.1, -0.05) is 0 Å². The van der Waals surface area contributed by atoms with Crippen LogP contribution in [0.25, 0.3) is 0 Å². The first-order valence-electron chi connectivity index (χ1n) is 4.37. The molecule has 0 aliphatic heterocycles. The molecule has 0 spiro atoms. The minimum absolute atomic E-state index is 0.103. The minimum atomic E-state index is -2.65. The van der Waals surface area contributed by atoms with Crippen LogP contribution in [0.4, 0.5) is 8.78 Å². The summed E-state index contributed by atoms with van der Waals surface area (Å²) in [5.74, 6) is -1.04. The van der Waals surface area contributed by atoms with Crippen molar-refractivity contribution >= 4 is 5.97 Å². The van der Waals surface area contributed by atoms with Gasteiger partial charge >= 0.3 is 5.97 Å². The average Bonchev–Trinajstić information content (AvgIpc) is 2.25. The molecule has 0 fully saturated rings. The molecule has 0 aliphatic carbocycles. The molecular weight excluding hydrogens is 222 g/mol. The molecule has 88 valence electrons. The van der Waals surface area contributed by atoms with Gasteiger partial charge in [0.25, 0.3) is 6.43 Å². The van der Waals surface area contributed by atoms with Crippen molar-refractivity contribution in [3.8, 4) is 11.5 Å². The van der Waals surface area contributed by atoms with E-state index in [1.54, 1.807) is 0 Å². The summed E-state index contributed by atoms with van der Waals surface area (Å²) >= 11 is 0. The molecule has 0 saturated carbocycles. The Morgan fingerprint density at radius 1 is 1.50 bits per heavy atom. The Morgan fingerprint density at radius 2 is 2.19 bits per heavy atom. The zero-order chi connectivity index (χ0) is 12.1. The summed E-state index contributed by atoms with van der Waals surface area (Å²) in [5, 5.41) is 8.83. The van der Waals surface area contributed by atoms with E-state index in [4.69, 9.17) is 9.84 Å². The number of aromatic carboxylic acids is 1. The van der Waals surface area contributed by atoms with Crippen molar-refractivity contribution in [1.29, 1.82) is 0 Å². The second-order valence-corrected chi connectivity index (χ2v) is 2.87. The standard InChI is InChI=1S/C10H10F2O4/c1-15-6-2-3-8(16-5-9(11)12)7(4-6)10(13)14/h2-4,9H,5H2,1H3,(H,13,14). The number of carbonyl (C=O) groups is 1. The molecule has 1 aromatic rings. The molecule has 0 amide bonds. The number of ether oxygens (including phenoxy) is 2. The summed E-state index contributed by atoms with van der Waals surface area (Å²) in [5.41, 5.74) is -0.208. The van der Waals surface area contributed by atoms with E-state index in [0.29, 0.717) is 5.75 Å². The highest BCUT2D eigenvalue weighted by Crippen LogP contribution is 2.24. The lowest BCUT2D eigenvalue weighted by molar-refractivity contribution is 0.0663. The topological polar surface area (TPSA) is 55.8 Å². The number of carboxylic acid groups (broad SMARTS) is 1. The average molecular weight is 232 g/mol. The fourth-order valence-corrected chi connectivity index (χ4v) is 1.08. The third-order valence-corrected chi connectivity index (χ3v) is 1.78. The van der Waals surface area contributed by atoms with Crippen LogP contribution in [-0.4, -0.2) is 31.2 Å². The Labute approximate surface area is 90.4 Å². The molecule has 16 heavy (non-hydrogen) atoms. The molecule has 0 heterocycles. The first-order chi connectivity index (χ1) is 7.54. The van der Waals surface area contributed by atoms with Crippen LogP contribution < -0.4 is 9.47 Å². The molecule has 0 radical (unpaired) electrons. The monoisotopic (exact) mass is 232 g/mol. The smallest absolute Gasteiger partial charge is 0.339 e. The first-order valence-corrected chi connectivity index (χ1v) is 4.37. The van der Waals surface area contributed by atoms with Gasteiger partial charge in [-0.05, 0) is 18.2 Å². The van der Waals surface area contributed by atoms with E-state index in [0.717, 1.165) is 0 Å². The number of alkyl halides is 2. The van der Waals surface area contributed by atoms with Gasteiger partial charge in [0.15, 0.2) is 0 Å². The van der Waals surface area contributed by atoms with Crippen LogP contribution in [0.15, 0.2) is 18.2 Å². The fourth-order valence-electron chi connectivity index (χ4n) is 1.08. The highest BCUT2D eigenvalue weighted by atomic mass is 19.3. The van der Waals surface area contributed by atoms with Crippen LogP contribution in [-0.2, 0) is 0 Å². The van der Waals surface area contributed by atoms with Crippen LogP contribution in [0.2, 0.25) is 0 Å². The molecule has 0 bridgehead atoms. The molecule has 1 N–H and O–H groups in total. The predicted octanol–water partition coefficient (Wildman–Crippen LogP) is 2.04. The van der Waals surface area contributed by atoms with Crippen molar-refractivity contribution in [1.82, 2.24) is 0 Å². The number of benzene rings is 1. The zero-order valence-electron chi connectivity index (χ0n) is 8.44. The van der Waals surface area contributed by atoms with E-state index >= 15 is 0 Å². The lowest BCUT2D eigenvalue weighted by Crippen LogP contribution is -2.10. The number of carboxylic acids is 1. The number of rotatable bonds is 5. The normalized spacial score (nSPS) is 10.2. The maximum Gasteiger partial charge on any atom is 0.339 e. The molecule has 0 unspecified atom stereocenters. The van der Waals surface area contributed by atoms with Gasteiger partial charge in [0.1, 0.15) is 23.7 Å². The van der Waals surface area contributed by atoms with E-state index in [1.165, 1.54) is 25.3 Å². The molecule has 0 aliphatic rings. The quantitative estimate of drug-likeness (QED) is 0.843. The highest BCUT2D eigenvalue weighted by molar-refractivity contribution is 5.91. The van der Waals surface area contributed by atoms with Crippen molar-refractivity contribution in [3.63, 3.8) is 0 Å².